The van der Waals surface area contributed by atoms with E-state index < -0.39 is 5.91 Å². The van der Waals surface area contributed by atoms with Crippen LogP contribution < -0.4 is 16.8 Å². The first-order chi connectivity index (χ1) is 17.3. The number of amides is 1. The van der Waals surface area contributed by atoms with E-state index in [2.05, 4.69) is 44.1 Å². The Morgan fingerprint density at radius 1 is 1.08 bits per heavy atom. The van der Waals surface area contributed by atoms with E-state index in [-0.39, 0.29) is 11.5 Å². The van der Waals surface area contributed by atoms with Crippen LogP contribution in [-0.2, 0) is 11.3 Å². The summed E-state index contributed by atoms with van der Waals surface area (Å²) in [4.78, 5) is 23.6. The molecule has 0 bridgehead atoms. The molecule has 0 saturated carbocycles. The maximum absolute atomic E-state index is 11.9. The first-order valence-corrected chi connectivity index (χ1v) is 13.7. The van der Waals surface area contributed by atoms with Gasteiger partial charge in [-0.1, -0.05) is 56.1 Å². The average Bonchev–Trinajstić information content (AvgIpc) is 2.89. The van der Waals surface area contributed by atoms with E-state index in [1.165, 1.54) is 25.5 Å². The number of rotatable bonds is 8. The molecule has 1 aromatic rings. The van der Waals surface area contributed by atoms with Crippen molar-refractivity contribution in [3.8, 4) is 0 Å². The maximum atomic E-state index is 11.9. The number of halogens is 2. The standard InChI is InChI=1S/C24H37Cl2N7O.C2H6/c1-3-19-15-32(16-21(26)30-22(23(27)28)24(34)29-2)12-13-33(19)20-8-10-31(11-9-20)14-17-4-6-18(25)7-5-17;1-2/h4-7,19-20H,3,8-16,27-28H2,1-2H3,(H,29,34);1-2H3. The Morgan fingerprint density at radius 2 is 1.72 bits per heavy atom. The van der Waals surface area contributed by atoms with Gasteiger partial charge in [-0.25, -0.2) is 4.99 Å². The van der Waals surface area contributed by atoms with Crippen molar-refractivity contribution < 1.29 is 4.79 Å². The molecular weight excluding hydrogens is 497 g/mol. The van der Waals surface area contributed by atoms with E-state index in [0.29, 0.717) is 23.8 Å². The highest BCUT2D eigenvalue weighted by Crippen LogP contribution is 2.24. The molecule has 0 aromatic heterocycles. The van der Waals surface area contributed by atoms with Crippen LogP contribution >= 0.6 is 23.2 Å². The normalized spacial score (nSPS) is 20.4. The van der Waals surface area contributed by atoms with E-state index in [9.17, 15) is 4.79 Å². The highest BCUT2D eigenvalue weighted by molar-refractivity contribution is 6.66. The predicted molar refractivity (Wildman–Crippen MR) is 151 cm³/mol. The molecule has 10 heteroatoms. The zero-order valence-electron chi connectivity index (χ0n) is 22.1. The minimum absolute atomic E-state index is 0.0384. The number of hydrogen-bond acceptors (Lipinski definition) is 7. The molecular formula is C26H43Cl2N7O. The number of likely N-dealkylation sites (N-methyl/N-ethyl adjacent to an activating group) is 1. The Kier molecular flexibility index (Phi) is 13.0. The van der Waals surface area contributed by atoms with Crippen LogP contribution in [0.2, 0.25) is 5.02 Å². The zero-order valence-corrected chi connectivity index (χ0v) is 23.7. The number of piperidine rings is 1. The quantitative estimate of drug-likeness (QED) is 0.346. The molecule has 2 aliphatic heterocycles. The van der Waals surface area contributed by atoms with E-state index in [4.69, 9.17) is 34.7 Å². The fraction of sp³-hybridized carbons (Fsp3) is 0.615. The molecule has 2 fully saturated rings. The van der Waals surface area contributed by atoms with Crippen LogP contribution in [0.4, 0.5) is 0 Å². The number of nitrogens with zero attached hydrogens (tertiary/aromatic N) is 4. The number of aliphatic imine (C=N–C) groups is 1. The van der Waals surface area contributed by atoms with Crippen LogP contribution in [0.3, 0.4) is 0 Å². The topological polar surface area (TPSA) is 103 Å². The summed E-state index contributed by atoms with van der Waals surface area (Å²) in [6.07, 6.45) is 3.44. The fourth-order valence-electron chi connectivity index (χ4n) is 4.88. The number of hydrogen-bond donors (Lipinski definition) is 3. The Hall–Kier alpha value is -1.84. The van der Waals surface area contributed by atoms with E-state index in [0.717, 1.165) is 50.7 Å². The molecule has 202 valence electrons. The van der Waals surface area contributed by atoms with E-state index in [1.807, 2.05) is 26.0 Å². The van der Waals surface area contributed by atoms with E-state index >= 15 is 0 Å². The number of nitrogens with two attached hydrogens (primary N) is 2. The lowest BCUT2D eigenvalue weighted by Gasteiger charge is -2.47. The lowest BCUT2D eigenvalue weighted by molar-refractivity contribution is -0.117. The molecule has 2 heterocycles. The second kappa shape index (κ2) is 15.4. The molecule has 1 atom stereocenters. The zero-order chi connectivity index (χ0) is 26.7. The Balaban J connectivity index is 0.00000222. The number of piperazine rings is 1. The second-order valence-corrected chi connectivity index (χ2v) is 9.91. The minimum Gasteiger partial charge on any atom is -0.384 e. The van der Waals surface area contributed by atoms with Gasteiger partial charge in [0.1, 0.15) is 11.0 Å². The molecule has 5 N–H and O–H groups in total. The van der Waals surface area contributed by atoms with Crippen LogP contribution in [0.5, 0.6) is 0 Å². The summed E-state index contributed by atoms with van der Waals surface area (Å²) in [5.41, 5.74) is 12.5. The molecule has 0 aliphatic carbocycles. The van der Waals surface area contributed by atoms with Gasteiger partial charge in [-0.15, -0.1) is 0 Å². The monoisotopic (exact) mass is 539 g/mol. The van der Waals surface area contributed by atoms with Crippen LogP contribution in [0.1, 0.15) is 45.6 Å². The molecule has 1 unspecified atom stereocenters. The van der Waals surface area contributed by atoms with Gasteiger partial charge in [-0.05, 0) is 50.0 Å². The van der Waals surface area contributed by atoms with Gasteiger partial charge in [0.25, 0.3) is 5.91 Å². The molecule has 0 radical (unpaired) electrons. The summed E-state index contributed by atoms with van der Waals surface area (Å²) < 4.78 is 0. The lowest BCUT2D eigenvalue weighted by atomic mass is 9.98. The van der Waals surface area contributed by atoms with Crippen molar-refractivity contribution in [2.75, 3.05) is 46.3 Å². The summed E-state index contributed by atoms with van der Waals surface area (Å²) >= 11 is 12.4. The first kappa shape index (κ1) is 30.4. The van der Waals surface area contributed by atoms with Gasteiger partial charge in [0, 0.05) is 50.3 Å². The molecule has 36 heavy (non-hydrogen) atoms. The molecule has 1 aromatic carbocycles. The Labute approximate surface area is 226 Å². The Bertz CT molecular complexity index is 879. The lowest BCUT2D eigenvalue weighted by Crippen LogP contribution is -2.58. The number of carbonyl (C=O) groups excluding carboxylic acids is 1. The number of carbonyl (C=O) groups is 1. The highest BCUT2D eigenvalue weighted by Gasteiger charge is 2.33. The van der Waals surface area contributed by atoms with Crippen LogP contribution in [0.25, 0.3) is 0 Å². The van der Waals surface area contributed by atoms with Gasteiger partial charge in [-0.2, -0.15) is 0 Å². The van der Waals surface area contributed by atoms with Crippen molar-refractivity contribution in [1.82, 2.24) is 20.0 Å². The van der Waals surface area contributed by atoms with Crippen LogP contribution in [0, 0.1) is 0 Å². The molecule has 2 aliphatic rings. The predicted octanol–water partition coefficient (Wildman–Crippen LogP) is 3.20. The van der Waals surface area contributed by atoms with E-state index in [1.54, 1.807) is 0 Å². The van der Waals surface area contributed by atoms with Crippen molar-refractivity contribution in [3.05, 3.63) is 46.4 Å². The fourth-order valence-corrected chi connectivity index (χ4v) is 5.26. The molecule has 8 nitrogen and oxygen atoms in total. The van der Waals surface area contributed by atoms with Crippen molar-refractivity contribution in [1.29, 1.82) is 0 Å². The minimum atomic E-state index is -0.447. The van der Waals surface area contributed by atoms with Gasteiger partial charge in [0.15, 0.2) is 5.70 Å². The van der Waals surface area contributed by atoms with Crippen LogP contribution in [0.15, 0.2) is 40.8 Å². The largest absolute Gasteiger partial charge is 0.384 e. The van der Waals surface area contributed by atoms with Crippen LogP contribution in [-0.4, -0.2) is 84.2 Å². The number of benzene rings is 1. The molecule has 0 spiro atoms. The third kappa shape index (κ3) is 8.92. The number of likely N-dealkylation sites (tertiary alicyclic amines) is 1. The van der Waals surface area contributed by atoms with Crippen molar-refractivity contribution in [2.45, 2.75) is 58.7 Å². The summed E-state index contributed by atoms with van der Waals surface area (Å²) in [7, 11) is 1.50. The van der Waals surface area contributed by atoms with Crippen molar-refractivity contribution >= 4 is 34.3 Å². The summed E-state index contributed by atoms with van der Waals surface area (Å²) in [6, 6.07) is 9.24. The third-order valence-electron chi connectivity index (χ3n) is 6.73. The maximum Gasteiger partial charge on any atom is 0.273 e. The first-order valence-electron chi connectivity index (χ1n) is 13.0. The Morgan fingerprint density at radius 3 is 2.28 bits per heavy atom. The average molecular weight is 541 g/mol. The molecule has 2 saturated heterocycles. The van der Waals surface area contributed by atoms with Crippen molar-refractivity contribution in [2.24, 2.45) is 16.5 Å². The van der Waals surface area contributed by atoms with Gasteiger partial charge in [0.05, 0.1) is 6.54 Å². The van der Waals surface area contributed by atoms with Gasteiger partial charge in [-0.3, -0.25) is 19.5 Å². The summed E-state index contributed by atoms with van der Waals surface area (Å²) in [5.74, 6) is -0.590. The highest BCUT2D eigenvalue weighted by atomic mass is 35.5. The molecule has 3 rings (SSSR count). The van der Waals surface area contributed by atoms with Gasteiger partial charge >= 0.3 is 0 Å². The van der Waals surface area contributed by atoms with Crippen molar-refractivity contribution in [3.63, 3.8) is 0 Å². The smallest absolute Gasteiger partial charge is 0.273 e. The summed E-state index contributed by atoms with van der Waals surface area (Å²) in [5, 5.41) is 3.58. The van der Waals surface area contributed by atoms with Gasteiger partial charge < -0.3 is 16.8 Å². The third-order valence-corrected chi connectivity index (χ3v) is 7.19. The number of nitrogens with one attached hydrogen (secondary N) is 1. The molecule has 1 amide bonds. The summed E-state index contributed by atoms with van der Waals surface area (Å²) in [6.45, 7) is 12.7. The SMILES string of the molecule is CC.CCC1CN(CC(Cl)=NC(C(=O)NC)=C(N)N)CCN1C1CCN(Cc2ccc(Cl)cc2)CC1. The van der Waals surface area contributed by atoms with Gasteiger partial charge in [0.2, 0.25) is 0 Å². The second-order valence-electron chi connectivity index (χ2n) is 9.04.